The number of benzene rings is 1. The van der Waals surface area contributed by atoms with Crippen molar-refractivity contribution in [2.24, 2.45) is 0 Å². The van der Waals surface area contributed by atoms with Crippen LogP contribution in [0.1, 0.15) is 51.0 Å². The van der Waals surface area contributed by atoms with Crippen LogP contribution >= 0.6 is 0 Å². The number of ketones is 1. The summed E-state index contributed by atoms with van der Waals surface area (Å²) in [4.78, 5) is 27.7. The average Bonchev–Trinajstić information content (AvgIpc) is 2.65. The van der Waals surface area contributed by atoms with Gasteiger partial charge in [-0.3, -0.25) is 4.79 Å². The second kappa shape index (κ2) is 7.99. The maximum Gasteiger partial charge on any atom is 0.336 e. The molecule has 0 aromatic heterocycles. The van der Waals surface area contributed by atoms with Gasteiger partial charge in [0.25, 0.3) is 0 Å². The second-order valence-corrected chi connectivity index (χ2v) is 7.39. The fraction of sp³-hybridized carbons (Fsp3) is 0.455. The number of hydrogen-bond acceptors (Lipinski definition) is 5. The molecule has 144 valence electrons. The number of nitrogens with one attached hydrogen (secondary N) is 1. The summed E-state index contributed by atoms with van der Waals surface area (Å²) in [6.45, 7) is 4.24. The molecule has 0 radical (unpaired) electrons. The first-order valence-corrected chi connectivity index (χ1v) is 9.62. The van der Waals surface area contributed by atoms with Gasteiger partial charge in [0.1, 0.15) is 0 Å². The molecule has 3 rings (SSSR count). The number of Topliss-reactive ketones (excluding diaryl/α,β-unsaturated/α-hetero) is 1. The van der Waals surface area contributed by atoms with Gasteiger partial charge in [0.05, 0.1) is 12.2 Å². The molecule has 2 aliphatic rings. The van der Waals surface area contributed by atoms with Crippen LogP contribution in [0.15, 0.2) is 46.8 Å². The summed E-state index contributed by atoms with van der Waals surface area (Å²) in [5, 5.41) is 3.31. The van der Waals surface area contributed by atoms with Crippen molar-refractivity contribution < 1.29 is 14.3 Å². The molecule has 1 atom stereocenters. The number of ether oxygens (including phenoxy) is 1. The lowest BCUT2D eigenvalue weighted by molar-refractivity contribution is -0.139. The topological polar surface area (TPSA) is 58.6 Å². The number of dihydropyridines is 1. The molecule has 1 aromatic carbocycles. The van der Waals surface area contributed by atoms with E-state index in [0.29, 0.717) is 18.6 Å². The third-order valence-corrected chi connectivity index (χ3v) is 5.18. The first kappa shape index (κ1) is 19.2. The van der Waals surface area contributed by atoms with Crippen LogP contribution in [0.2, 0.25) is 0 Å². The van der Waals surface area contributed by atoms with E-state index in [1.54, 1.807) is 0 Å². The summed E-state index contributed by atoms with van der Waals surface area (Å²) < 4.78 is 5.45. The van der Waals surface area contributed by atoms with Crippen LogP contribution in [0.3, 0.4) is 0 Å². The van der Waals surface area contributed by atoms with Crippen molar-refractivity contribution in [2.45, 2.75) is 45.4 Å². The van der Waals surface area contributed by atoms with Gasteiger partial charge in [-0.15, -0.1) is 0 Å². The van der Waals surface area contributed by atoms with Crippen LogP contribution in [-0.4, -0.2) is 32.5 Å². The maximum atomic E-state index is 12.8. The van der Waals surface area contributed by atoms with Crippen molar-refractivity contribution in [1.82, 2.24) is 5.32 Å². The molecular weight excluding hydrogens is 340 g/mol. The van der Waals surface area contributed by atoms with Crippen molar-refractivity contribution in [2.75, 3.05) is 25.6 Å². The Hall–Kier alpha value is -2.56. The lowest BCUT2D eigenvalue weighted by atomic mass is 9.75. The Morgan fingerprint density at radius 3 is 2.56 bits per heavy atom. The standard InChI is InChI=1S/C22H28N2O3/c1-5-13-27-22(26)19-14(2)23-17-7-6-8-18(25)21(17)20(19)15-9-11-16(12-10-15)24(3)4/h9-12,20,23H,5-8,13H2,1-4H3/t20-/m0/s1. The SMILES string of the molecule is CCCOC(=O)C1=C(C)NC2=C(C(=O)CCC2)[C@H]1c1ccc(N(C)C)cc1. The lowest BCUT2D eigenvalue weighted by Gasteiger charge is -2.34. The van der Waals surface area contributed by atoms with E-state index in [-0.39, 0.29) is 17.7 Å². The number of carbonyl (C=O) groups is 2. The fourth-order valence-electron chi connectivity index (χ4n) is 3.82. The van der Waals surface area contributed by atoms with Crippen LogP contribution in [0.25, 0.3) is 0 Å². The zero-order chi connectivity index (χ0) is 19.6. The van der Waals surface area contributed by atoms with Crippen molar-refractivity contribution in [3.05, 3.63) is 52.4 Å². The molecule has 1 aromatic rings. The second-order valence-electron chi connectivity index (χ2n) is 7.39. The Balaban J connectivity index is 2.08. The van der Waals surface area contributed by atoms with Crippen LogP contribution < -0.4 is 10.2 Å². The summed E-state index contributed by atoms with van der Waals surface area (Å²) in [5.74, 6) is -0.582. The molecule has 5 nitrogen and oxygen atoms in total. The molecule has 0 bridgehead atoms. The Morgan fingerprint density at radius 2 is 1.93 bits per heavy atom. The van der Waals surface area contributed by atoms with Gasteiger partial charge in [-0.1, -0.05) is 19.1 Å². The van der Waals surface area contributed by atoms with E-state index in [1.165, 1.54) is 0 Å². The van der Waals surface area contributed by atoms with E-state index in [1.807, 2.05) is 57.1 Å². The molecule has 1 N–H and O–H groups in total. The largest absolute Gasteiger partial charge is 0.462 e. The molecular formula is C22H28N2O3. The minimum atomic E-state index is -0.366. The predicted octanol–water partition coefficient (Wildman–Crippen LogP) is 3.67. The molecule has 0 saturated heterocycles. The summed E-state index contributed by atoms with van der Waals surface area (Å²) in [5.41, 5.74) is 5.05. The Morgan fingerprint density at radius 1 is 1.22 bits per heavy atom. The summed E-state index contributed by atoms with van der Waals surface area (Å²) >= 11 is 0. The van der Waals surface area contributed by atoms with Gasteiger partial charge in [-0.05, 0) is 43.9 Å². The first-order chi connectivity index (χ1) is 12.9. The molecule has 0 saturated carbocycles. The summed E-state index contributed by atoms with van der Waals surface area (Å²) in [6.07, 6.45) is 2.98. The van der Waals surface area contributed by atoms with Gasteiger partial charge in [-0.25, -0.2) is 4.79 Å². The van der Waals surface area contributed by atoms with E-state index in [2.05, 4.69) is 5.32 Å². The monoisotopic (exact) mass is 368 g/mol. The normalized spacial score (nSPS) is 19.6. The molecule has 0 fully saturated rings. The third kappa shape index (κ3) is 3.77. The van der Waals surface area contributed by atoms with Gasteiger partial charge >= 0.3 is 5.97 Å². The lowest BCUT2D eigenvalue weighted by Crippen LogP contribution is -2.34. The van der Waals surface area contributed by atoms with E-state index in [9.17, 15) is 9.59 Å². The van der Waals surface area contributed by atoms with E-state index >= 15 is 0 Å². The summed E-state index contributed by atoms with van der Waals surface area (Å²) in [6, 6.07) is 8.07. The highest BCUT2D eigenvalue weighted by molar-refractivity contribution is 6.03. The number of allylic oxidation sites excluding steroid dienone is 3. The highest BCUT2D eigenvalue weighted by atomic mass is 16.5. The van der Waals surface area contributed by atoms with Gasteiger partial charge in [0.15, 0.2) is 5.78 Å². The smallest absolute Gasteiger partial charge is 0.336 e. The van der Waals surface area contributed by atoms with Crippen molar-refractivity contribution in [1.29, 1.82) is 0 Å². The number of rotatable bonds is 5. The van der Waals surface area contributed by atoms with Gasteiger partial charge in [0.2, 0.25) is 0 Å². The Labute approximate surface area is 161 Å². The van der Waals surface area contributed by atoms with Gasteiger partial charge < -0.3 is 15.0 Å². The third-order valence-electron chi connectivity index (χ3n) is 5.18. The number of hydrogen-bond donors (Lipinski definition) is 1. The van der Waals surface area contributed by atoms with Crippen LogP contribution in [-0.2, 0) is 14.3 Å². The molecule has 27 heavy (non-hydrogen) atoms. The van der Waals surface area contributed by atoms with Gasteiger partial charge in [-0.2, -0.15) is 0 Å². The molecule has 1 heterocycles. The van der Waals surface area contributed by atoms with Crippen molar-refractivity contribution >= 4 is 17.4 Å². The molecule has 0 amide bonds. The first-order valence-electron chi connectivity index (χ1n) is 9.62. The average molecular weight is 368 g/mol. The minimum Gasteiger partial charge on any atom is -0.462 e. The maximum absolute atomic E-state index is 12.8. The van der Waals surface area contributed by atoms with Crippen LogP contribution in [0.5, 0.6) is 0 Å². The number of carbonyl (C=O) groups excluding carboxylic acids is 2. The number of anilines is 1. The van der Waals surface area contributed by atoms with Crippen molar-refractivity contribution in [3.63, 3.8) is 0 Å². The van der Waals surface area contributed by atoms with E-state index in [4.69, 9.17) is 4.74 Å². The predicted molar refractivity (Wildman–Crippen MR) is 106 cm³/mol. The number of nitrogens with zero attached hydrogens (tertiary/aromatic N) is 1. The minimum absolute atomic E-state index is 0.124. The zero-order valence-electron chi connectivity index (χ0n) is 16.6. The Bertz CT molecular complexity index is 803. The fourth-order valence-corrected chi connectivity index (χ4v) is 3.82. The molecule has 1 aliphatic heterocycles. The quantitative estimate of drug-likeness (QED) is 0.804. The molecule has 0 unspecified atom stereocenters. The van der Waals surface area contributed by atoms with E-state index in [0.717, 1.165) is 47.5 Å². The molecule has 1 aliphatic carbocycles. The molecule has 5 heteroatoms. The van der Waals surface area contributed by atoms with Crippen molar-refractivity contribution in [3.8, 4) is 0 Å². The highest BCUT2D eigenvalue weighted by Gasteiger charge is 2.39. The van der Waals surface area contributed by atoms with Crippen LogP contribution in [0.4, 0.5) is 5.69 Å². The van der Waals surface area contributed by atoms with Crippen LogP contribution in [0, 0.1) is 0 Å². The van der Waals surface area contributed by atoms with E-state index < -0.39 is 0 Å². The number of esters is 1. The van der Waals surface area contributed by atoms with Gasteiger partial charge in [0, 0.05) is 49.1 Å². The summed E-state index contributed by atoms with van der Waals surface area (Å²) in [7, 11) is 3.98. The molecule has 0 spiro atoms. The highest BCUT2D eigenvalue weighted by Crippen LogP contribution is 2.42. The Kier molecular flexibility index (Phi) is 5.68. The zero-order valence-corrected chi connectivity index (χ0v) is 16.6.